The molecule has 0 atom stereocenters. The summed E-state index contributed by atoms with van der Waals surface area (Å²) in [6, 6.07) is 1.82. The molecule has 0 heterocycles. The second-order valence-electron chi connectivity index (χ2n) is 2.77. The first-order chi connectivity index (χ1) is 6.83. The zero-order valence-electron chi connectivity index (χ0n) is 8.73. The summed E-state index contributed by atoms with van der Waals surface area (Å²) in [6.45, 7) is 4.03. The van der Waals surface area contributed by atoms with Crippen LogP contribution in [0.2, 0.25) is 0 Å². The summed E-state index contributed by atoms with van der Waals surface area (Å²) in [7, 11) is -3.81. The van der Waals surface area contributed by atoms with E-state index >= 15 is 0 Å². The minimum atomic E-state index is -3.81. The van der Waals surface area contributed by atoms with E-state index < -0.39 is 15.9 Å². The van der Waals surface area contributed by atoms with E-state index in [4.69, 9.17) is 5.26 Å². The zero-order chi connectivity index (χ0) is 12.1. The Labute approximate surface area is 89.1 Å². The predicted octanol–water partition coefficient (Wildman–Crippen LogP) is 0.826. The second-order valence-corrected chi connectivity index (χ2v) is 4.63. The number of amides is 1. The molecule has 0 radical (unpaired) electrons. The van der Waals surface area contributed by atoms with Crippen molar-refractivity contribution in [3.05, 3.63) is 22.6 Å². The first-order valence-corrected chi connectivity index (χ1v) is 5.60. The van der Waals surface area contributed by atoms with Crippen LogP contribution in [0, 0.1) is 11.3 Å². The Balaban J connectivity index is 5.11. The Morgan fingerprint density at radius 1 is 1.40 bits per heavy atom. The number of carbonyl (C=O) groups excluding carboxylic acids is 1. The molecule has 0 fully saturated rings. The Kier molecular flexibility index (Phi) is 4.74. The Morgan fingerprint density at radius 3 is 2.27 bits per heavy atom. The van der Waals surface area contributed by atoms with Crippen LogP contribution >= 0.6 is 0 Å². The molecule has 82 valence electrons. The summed E-state index contributed by atoms with van der Waals surface area (Å²) < 4.78 is 24.5. The van der Waals surface area contributed by atoms with Crippen LogP contribution in [0.4, 0.5) is 0 Å². The fourth-order valence-electron chi connectivity index (χ4n) is 0.746. The normalized spacial score (nSPS) is 13.2. The number of rotatable bonds is 3. The summed E-state index contributed by atoms with van der Waals surface area (Å²) in [5, 5.41) is 8.58. The maximum Gasteiger partial charge on any atom is 0.259 e. The van der Waals surface area contributed by atoms with Gasteiger partial charge in [0.05, 0.1) is 11.0 Å². The van der Waals surface area contributed by atoms with E-state index in [0.29, 0.717) is 0 Å². The fraction of sp³-hybridized carbons (Fsp3) is 0.333. The molecular formula is C9H12N2O3S. The lowest BCUT2D eigenvalue weighted by molar-refractivity contribution is -0.117. The molecule has 0 aliphatic heterocycles. The number of allylic oxidation sites excluding steroid dienone is 4. The summed E-state index contributed by atoms with van der Waals surface area (Å²) in [6.07, 6.45) is 2.68. The van der Waals surface area contributed by atoms with Crippen LogP contribution in [-0.2, 0) is 14.8 Å². The van der Waals surface area contributed by atoms with Gasteiger partial charge in [0.15, 0.2) is 0 Å². The van der Waals surface area contributed by atoms with Crippen molar-refractivity contribution in [2.45, 2.75) is 20.8 Å². The summed E-state index contributed by atoms with van der Waals surface area (Å²) in [5.41, 5.74) is 0.224. The number of nitrogens with one attached hydrogen (secondary N) is 1. The third kappa shape index (κ3) is 4.42. The minimum Gasteiger partial charge on any atom is -0.274 e. The molecule has 6 heteroatoms. The molecule has 5 nitrogen and oxygen atoms in total. The fourth-order valence-corrected chi connectivity index (χ4v) is 1.57. The molecule has 0 spiro atoms. The average molecular weight is 228 g/mol. The van der Waals surface area contributed by atoms with Gasteiger partial charge >= 0.3 is 0 Å². The number of nitriles is 1. The number of nitrogens with zero attached hydrogens (tertiary/aromatic N) is 1. The largest absolute Gasteiger partial charge is 0.274 e. The summed E-state index contributed by atoms with van der Waals surface area (Å²) in [5.74, 6) is -0.665. The monoisotopic (exact) mass is 228 g/mol. The number of carbonyl (C=O) groups is 1. The minimum absolute atomic E-state index is 0.0765. The highest BCUT2D eigenvalue weighted by Gasteiger charge is 2.14. The van der Waals surface area contributed by atoms with Crippen molar-refractivity contribution < 1.29 is 13.2 Å². The van der Waals surface area contributed by atoms with Crippen molar-refractivity contribution in [3.8, 4) is 6.07 Å². The third-order valence-electron chi connectivity index (χ3n) is 1.50. The first kappa shape index (κ1) is 13.4. The van der Waals surface area contributed by atoms with Crippen molar-refractivity contribution in [1.29, 1.82) is 5.26 Å². The average Bonchev–Trinajstić information content (AvgIpc) is 2.11. The van der Waals surface area contributed by atoms with Gasteiger partial charge in [0.1, 0.15) is 0 Å². The van der Waals surface area contributed by atoms with Crippen molar-refractivity contribution >= 4 is 15.9 Å². The van der Waals surface area contributed by atoms with E-state index in [2.05, 4.69) is 0 Å². The maximum absolute atomic E-state index is 11.4. The third-order valence-corrected chi connectivity index (χ3v) is 3.02. The molecule has 0 rings (SSSR count). The highest BCUT2D eigenvalue weighted by molar-refractivity contribution is 7.93. The van der Waals surface area contributed by atoms with Crippen LogP contribution in [0.3, 0.4) is 0 Å². The van der Waals surface area contributed by atoms with Gasteiger partial charge in [-0.15, -0.1) is 0 Å². The molecule has 0 bridgehead atoms. The molecule has 0 saturated heterocycles. The van der Waals surface area contributed by atoms with Crippen molar-refractivity contribution in [2.75, 3.05) is 0 Å². The van der Waals surface area contributed by atoms with Gasteiger partial charge in [-0.3, -0.25) is 4.79 Å². The van der Waals surface area contributed by atoms with Gasteiger partial charge in [-0.25, -0.2) is 13.1 Å². The van der Waals surface area contributed by atoms with Crippen LogP contribution in [0.1, 0.15) is 20.8 Å². The van der Waals surface area contributed by atoms with Gasteiger partial charge in [-0.2, -0.15) is 5.26 Å². The molecular weight excluding hydrogens is 216 g/mol. The van der Waals surface area contributed by atoms with Gasteiger partial charge in [-0.05, 0) is 19.9 Å². The molecule has 0 unspecified atom stereocenters. The topological polar surface area (TPSA) is 87.0 Å². The van der Waals surface area contributed by atoms with E-state index in [1.807, 2.05) is 6.07 Å². The summed E-state index contributed by atoms with van der Waals surface area (Å²) in [4.78, 5) is 10.5. The molecule has 0 aliphatic rings. The highest BCUT2D eigenvalue weighted by Crippen LogP contribution is 2.07. The second kappa shape index (κ2) is 5.32. The molecule has 1 N–H and O–H groups in total. The quantitative estimate of drug-likeness (QED) is 0.572. The number of hydrogen-bond acceptors (Lipinski definition) is 4. The molecule has 0 aromatic carbocycles. The van der Waals surface area contributed by atoms with Gasteiger partial charge in [-0.1, -0.05) is 6.08 Å². The molecule has 1 amide bonds. The van der Waals surface area contributed by atoms with Gasteiger partial charge in [0, 0.05) is 12.5 Å². The van der Waals surface area contributed by atoms with Crippen LogP contribution in [0.25, 0.3) is 0 Å². The van der Waals surface area contributed by atoms with E-state index in [1.54, 1.807) is 11.6 Å². The predicted molar refractivity (Wildman–Crippen MR) is 55.9 cm³/mol. The van der Waals surface area contributed by atoms with Crippen LogP contribution < -0.4 is 4.72 Å². The maximum atomic E-state index is 11.4. The number of hydrogen-bond donors (Lipinski definition) is 1. The number of sulfonamides is 1. The standard InChI is InChI=1S/C9H12N2O3S/c1-4-9(6-10)5-7(2)15(13,14)11-8(3)12/h4-5H,1-3H3,(H,11,12)/b7-5+,9-4+. The Bertz CT molecular complexity index is 452. The van der Waals surface area contributed by atoms with Crippen molar-refractivity contribution in [2.24, 2.45) is 0 Å². The van der Waals surface area contributed by atoms with E-state index in [-0.39, 0.29) is 10.5 Å². The Hall–Kier alpha value is -1.61. The van der Waals surface area contributed by atoms with E-state index in [1.165, 1.54) is 19.1 Å². The van der Waals surface area contributed by atoms with E-state index in [0.717, 1.165) is 6.92 Å². The Morgan fingerprint density at radius 2 is 1.93 bits per heavy atom. The molecule has 0 saturated carbocycles. The van der Waals surface area contributed by atoms with Crippen LogP contribution in [-0.4, -0.2) is 14.3 Å². The van der Waals surface area contributed by atoms with Gasteiger partial charge in [0.2, 0.25) is 5.91 Å². The zero-order valence-corrected chi connectivity index (χ0v) is 9.55. The van der Waals surface area contributed by atoms with Gasteiger partial charge in [0.25, 0.3) is 10.0 Å². The van der Waals surface area contributed by atoms with Crippen LogP contribution in [0.5, 0.6) is 0 Å². The SMILES string of the molecule is C/C=C(C#N)\C=C(/C)S(=O)(=O)NC(C)=O. The van der Waals surface area contributed by atoms with E-state index in [9.17, 15) is 13.2 Å². The van der Waals surface area contributed by atoms with Crippen LogP contribution in [0.15, 0.2) is 22.6 Å². The molecule has 0 aromatic heterocycles. The van der Waals surface area contributed by atoms with Gasteiger partial charge < -0.3 is 0 Å². The lowest BCUT2D eigenvalue weighted by Gasteiger charge is -2.03. The lowest BCUT2D eigenvalue weighted by atomic mass is 10.2. The summed E-state index contributed by atoms with van der Waals surface area (Å²) >= 11 is 0. The lowest BCUT2D eigenvalue weighted by Crippen LogP contribution is -2.28. The van der Waals surface area contributed by atoms with Crippen molar-refractivity contribution in [3.63, 3.8) is 0 Å². The smallest absolute Gasteiger partial charge is 0.259 e. The highest BCUT2D eigenvalue weighted by atomic mass is 32.2. The first-order valence-electron chi connectivity index (χ1n) is 4.11. The van der Waals surface area contributed by atoms with Crippen molar-refractivity contribution in [1.82, 2.24) is 4.72 Å². The molecule has 0 aromatic rings. The molecule has 15 heavy (non-hydrogen) atoms. The molecule has 0 aliphatic carbocycles.